The zero-order valence-electron chi connectivity index (χ0n) is 15.4. The summed E-state index contributed by atoms with van der Waals surface area (Å²) in [5.74, 6) is 0.279. The SMILES string of the molecule is CC(C)(C)c1nc2cc(NC(=O)c3ccc(OCC(N)=O)cc3)ccc2o1. The van der Waals surface area contributed by atoms with E-state index in [2.05, 4.69) is 10.3 Å². The summed E-state index contributed by atoms with van der Waals surface area (Å²) in [5.41, 5.74) is 7.27. The Morgan fingerprint density at radius 3 is 2.48 bits per heavy atom. The summed E-state index contributed by atoms with van der Waals surface area (Å²) in [4.78, 5) is 27.6. The van der Waals surface area contributed by atoms with Gasteiger partial charge >= 0.3 is 0 Å². The molecule has 3 aromatic rings. The lowest BCUT2D eigenvalue weighted by Gasteiger charge is -2.11. The average Bonchev–Trinajstić information content (AvgIpc) is 3.04. The Bertz CT molecular complexity index is 985. The molecule has 140 valence electrons. The number of hydrogen-bond donors (Lipinski definition) is 2. The molecule has 0 unspecified atom stereocenters. The number of nitrogens with one attached hydrogen (secondary N) is 1. The molecule has 7 nitrogen and oxygen atoms in total. The van der Waals surface area contributed by atoms with E-state index in [1.807, 2.05) is 20.8 Å². The topological polar surface area (TPSA) is 107 Å². The number of oxazole rings is 1. The van der Waals surface area contributed by atoms with E-state index < -0.39 is 5.91 Å². The largest absolute Gasteiger partial charge is 0.484 e. The van der Waals surface area contributed by atoms with Crippen LogP contribution in [0.1, 0.15) is 37.0 Å². The smallest absolute Gasteiger partial charge is 0.255 e. The Balaban J connectivity index is 1.72. The molecule has 0 saturated carbocycles. The Morgan fingerprint density at radius 1 is 1.15 bits per heavy atom. The van der Waals surface area contributed by atoms with Crippen molar-refractivity contribution in [3.8, 4) is 5.75 Å². The molecule has 2 amide bonds. The number of primary amides is 1. The monoisotopic (exact) mass is 367 g/mol. The molecule has 7 heteroatoms. The fourth-order valence-corrected chi connectivity index (χ4v) is 2.39. The Morgan fingerprint density at radius 2 is 1.85 bits per heavy atom. The molecule has 0 spiro atoms. The van der Waals surface area contributed by atoms with Gasteiger partial charge in [-0.2, -0.15) is 0 Å². The Kier molecular flexibility index (Phi) is 4.85. The summed E-state index contributed by atoms with van der Waals surface area (Å²) >= 11 is 0. The minimum Gasteiger partial charge on any atom is -0.484 e. The lowest BCUT2D eigenvalue weighted by atomic mass is 9.97. The van der Waals surface area contributed by atoms with E-state index in [9.17, 15) is 9.59 Å². The van der Waals surface area contributed by atoms with Crippen LogP contribution in [0.25, 0.3) is 11.1 Å². The van der Waals surface area contributed by atoms with Gasteiger partial charge in [0.1, 0.15) is 11.3 Å². The van der Waals surface area contributed by atoms with Crippen molar-refractivity contribution in [2.75, 3.05) is 11.9 Å². The maximum absolute atomic E-state index is 12.4. The van der Waals surface area contributed by atoms with Crippen LogP contribution >= 0.6 is 0 Å². The number of anilines is 1. The third-order valence-electron chi connectivity index (χ3n) is 3.78. The van der Waals surface area contributed by atoms with E-state index in [0.29, 0.717) is 34.0 Å². The first kappa shape index (κ1) is 18.4. The van der Waals surface area contributed by atoms with E-state index in [-0.39, 0.29) is 17.9 Å². The van der Waals surface area contributed by atoms with Crippen molar-refractivity contribution in [1.82, 2.24) is 4.98 Å². The maximum Gasteiger partial charge on any atom is 0.255 e. The van der Waals surface area contributed by atoms with Crippen molar-refractivity contribution < 1.29 is 18.7 Å². The number of rotatable bonds is 5. The van der Waals surface area contributed by atoms with Crippen LogP contribution in [-0.4, -0.2) is 23.4 Å². The van der Waals surface area contributed by atoms with Crippen LogP contribution in [0.2, 0.25) is 0 Å². The first-order valence-electron chi connectivity index (χ1n) is 8.46. The van der Waals surface area contributed by atoms with Gasteiger partial charge in [0.25, 0.3) is 11.8 Å². The van der Waals surface area contributed by atoms with E-state index >= 15 is 0 Å². The van der Waals surface area contributed by atoms with Crippen molar-refractivity contribution in [2.45, 2.75) is 26.2 Å². The summed E-state index contributed by atoms with van der Waals surface area (Å²) < 4.78 is 10.9. The van der Waals surface area contributed by atoms with Gasteiger partial charge in [-0.3, -0.25) is 9.59 Å². The molecule has 0 bridgehead atoms. The molecule has 0 saturated heterocycles. The van der Waals surface area contributed by atoms with Gasteiger partial charge < -0.3 is 20.2 Å². The highest BCUT2D eigenvalue weighted by molar-refractivity contribution is 6.05. The number of carbonyl (C=O) groups excluding carboxylic acids is 2. The minimum absolute atomic E-state index is 0.194. The highest BCUT2D eigenvalue weighted by atomic mass is 16.5. The number of hydrogen-bond acceptors (Lipinski definition) is 5. The van der Waals surface area contributed by atoms with Gasteiger partial charge in [0.05, 0.1) is 0 Å². The van der Waals surface area contributed by atoms with Crippen LogP contribution in [0.5, 0.6) is 5.75 Å². The zero-order chi connectivity index (χ0) is 19.6. The summed E-state index contributed by atoms with van der Waals surface area (Å²) in [6.07, 6.45) is 0. The predicted molar refractivity (Wildman–Crippen MR) is 102 cm³/mol. The lowest BCUT2D eigenvalue weighted by molar-refractivity contribution is -0.119. The standard InChI is InChI=1S/C20H21N3O4/c1-20(2,3)19-23-15-10-13(6-9-16(15)27-19)22-18(25)12-4-7-14(8-5-12)26-11-17(21)24/h4-10H,11H2,1-3H3,(H2,21,24)(H,22,25). The Labute approximate surface area is 156 Å². The average molecular weight is 367 g/mol. The number of carbonyl (C=O) groups is 2. The van der Waals surface area contributed by atoms with Crippen LogP contribution in [0, 0.1) is 0 Å². The van der Waals surface area contributed by atoms with Crippen LogP contribution in [0.3, 0.4) is 0 Å². The summed E-state index contributed by atoms with van der Waals surface area (Å²) in [6, 6.07) is 11.8. The number of nitrogens with zero attached hydrogens (tertiary/aromatic N) is 1. The number of fused-ring (bicyclic) bond motifs is 1. The highest BCUT2D eigenvalue weighted by Gasteiger charge is 2.21. The molecule has 0 aliphatic carbocycles. The number of ether oxygens (including phenoxy) is 1. The van der Waals surface area contributed by atoms with E-state index in [1.54, 1.807) is 42.5 Å². The molecule has 1 heterocycles. The first-order chi connectivity index (χ1) is 12.7. The number of nitrogens with two attached hydrogens (primary N) is 1. The van der Waals surface area contributed by atoms with Crippen LogP contribution in [0.15, 0.2) is 46.9 Å². The number of benzene rings is 2. The molecule has 0 fully saturated rings. The van der Waals surface area contributed by atoms with Crippen molar-refractivity contribution in [1.29, 1.82) is 0 Å². The summed E-state index contributed by atoms with van der Waals surface area (Å²) in [5, 5.41) is 2.83. The van der Waals surface area contributed by atoms with Crippen molar-refractivity contribution in [3.05, 3.63) is 53.9 Å². The summed E-state index contributed by atoms with van der Waals surface area (Å²) in [7, 11) is 0. The van der Waals surface area contributed by atoms with Gasteiger partial charge in [0.15, 0.2) is 12.2 Å². The molecule has 3 rings (SSSR count). The number of amides is 2. The normalized spacial score (nSPS) is 11.4. The fourth-order valence-electron chi connectivity index (χ4n) is 2.39. The predicted octanol–water partition coefficient (Wildman–Crippen LogP) is 3.24. The van der Waals surface area contributed by atoms with Crippen molar-refractivity contribution in [2.24, 2.45) is 5.73 Å². The minimum atomic E-state index is -0.560. The van der Waals surface area contributed by atoms with Crippen LogP contribution in [-0.2, 0) is 10.2 Å². The summed E-state index contributed by atoms with van der Waals surface area (Å²) in [6.45, 7) is 5.87. The fraction of sp³-hybridized carbons (Fsp3) is 0.250. The second-order valence-electron chi connectivity index (χ2n) is 7.19. The molecule has 0 radical (unpaired) electrons. The molecule has 0 atom stereocenters. The van der Waals surface area contributed by atoms with Crippen LogP contribution < -0.4 is 15.8 Å². The second-order valence-corrected chi connectivity index (χ2v) is 7.19. The zero-order valence-corrected chi connectivity index (χ0v) is 15.4. The van der Waals surface area contributed by atoms with Crippen molar-refractivity contribution >= 4 is 28.6 Å². The van der Waals surface area contributed by atoms with Gasteiger partial charge in [-0.25, -0.2) is 4.98 Å². The first-order valence-corrected chi connectivity index (χ1v) is 8.46. The van der Waals surface area contributed by atoms with E-state index in [0.717, 1.165) is 0 Å². The second kappa shape index (κ2) is 7.11. The van der Waals surface area contributed by atoms with Gasteiger partial charge in [0.2, 0.25) is 5.89 Å². The Hall–Kier alpha value is -3.35. The maximum atomic E-state index is 12.4. The third-order valence-corrected chi connectivity index (χ3v) is 3.78. The molecule has 1 aromatic heterocycles. The van der Waals surface area contributed by atoms with E-state index in [4.69, 9.17) is 14.9 Å². The third kappa shape index (κ3) is 4.44. The number of aromatic nitrogens is 1. The van der Waals surface area contributed by atoms with Gasteiger partial charge in [-0.05, 0) is 42.5 Å². The quantitative estimate of drug-likeness (QED) is 0.720. The molecular weight excluding hydrogens is 346 g/mol. The molecule has 3 N–H and O–H groups in total. The molecule has 0 aliphatic rings. The molecule has 27 heavy (non-hydrogen) atoms. The van der Waals surface area contributed by atoms with Gasteiger partial charge in [-0.1, -0.05) is 20.8 Å². The van der Waals surface area contributed by atoms with Crippen LogP contribution in [0.4, 0.5) is 5.69 Å². The molecule has 2 aromatic carbocycles. The van der Waals surface area contributed by atoms with Gasteiger partial charge in [-0.15, -0.1) is 0 Å². The highest BCUT2D eigenvalue weighted by Crippen LogP contribution is 2.27. The lowest BCUT2D eigenvalue weighted by Crippen LogP contribution is -2.20. The van der Waals surface area contributed by atoms with E-state index in [1.165, 1.54) is 0 Å². The molecule has 0 aliphatic heterocycles. The van der Waals surface area contributed by atoms with Gasteiger partial charge in [0, 0.05) is 16.7 Å². The van der Waals surface area contributed by atoms with Crippen molar-refractivity contribution in [3.63, 3.8) is 0 Å². The molecular formula is C20H21N3O4.